The van der Waals surface area contributed by atoms with E-state index in [4.69, 9.17) is 0 Å². The molecule has 0 heterocycles. The molecule has 2 rings (SSSR count). The van der Waals surface area contributed by atoms with Gasteiger partial charge in [0, 0.05) is 4.83 Å². The standard InChI is InChI=1S/C14H10BrF3/c15-12(10-2-4-11(16)5-3-10)7-9-1-6-13(17)14(18)8-9/h1-6,8,12H,7H2. The summed E-state index contributed by atoms with van der Waals surface area (Å²) >= 11 is 3.45. The van der Waals surface area contributed by atoms with Gasteiger partial charge in [-0.2, -0.15) is 0 Å². The Morgan fingerprint density at radius 3 is 2.17 bits per heavy atom. The van der Waals surface area contributed by atoms with Crippen molar-refractivity contribution in [1.29, 1.82) is 0 Å². The minimum atomic E-state index is -0.855. The molecule has 2 aromatic rings. The highest BCUT2D eigenvalue weighted by atomic mass is 79.9. The minimum absolute atomic E-state index is 0.0667. The average Bonchev–Trinajstić information content (AvgIpc) is 2.34. The first-order valence-corrected chi connectivity index (χ1v) is 6.31. The molecule has 0 N–H and O–H groups in total. The van der Waals surface area contributed by atoms with Crippen molar-refractivity contribution < 1.29 is 13.2 Å². The van der Waals surface area contributed by atoms with Crippen LogP contribution in [-0.2, 0) is 6.42 Å². The summed E-state index contributed by atoms with van der Waals surface area (Å²) in [4.78, 5) is -0.0667. The lowest BCUT2D eigenvalue weighted by Crippen LogP contribution is -1.97. The lowest BCUT2D eigenvalue weighted by molar-refractivity contribution is 0.507. The van der Waals surface area contributed by atoms with E-state index in [0.717, 1.165) is 11.6 Å². The number of benzene rings is 2. The third-order valence-corrected chi connectivity index (χ3v) is 3.48. The second-order valence-corrected chi connectivity index (χ2v) is 5.08. The molecule has 0 bridgehead atoms. The van der Waals surface area contributed by atoms with E-state index in [1.54, 1.807) is 12.1 Å². The van der Waals surface area contributed by atoms with Gasteiger partial charge in [-0.05, 0) is 41.8 Å². The summed E-state index contributed by atoms with van der Waals surface area (Å²) < 4.78 is 38.6. The van der Waals surface area contributed by atoms with Crippen LogP contribution in [0.15, 0.2) is 42.5 Å². The monoisotopic (exact) mass is 314 g/mol. The molecule has 0 radical (unpaired) electrons. The molecule has 0 aliphatic rings. The van der Waals surface area contributed by atoms with Crippen molar-refractivity contribution in [3.63, 3.8) is 0 Å². The highest BCUT2D eigenvalue weighted by Crippen LogP contribution is 2.27. The van der Waals surface area contributed by atoms with Gasteiger partial charge in [0.2, 0.25) is 0 Å². The van der Waals surface area contributed by atoms with Crippen LogP contribution in [0.4, 0.5) is 13.2 Å². The summed E-state index contributed by atoms with van der Waals surface area (Å²) in [6, 6.07) is 9.88. The molecule has 0 fully saturated rings. The maximum Gasteiger partial charge on any atom is 0.159 e. The zero-order valence-corrected chi connectivity index (χ0v) is 10.9. The van der Waals surface area contributed by atoms with Crippen LogP contribution >= 0.6 is 15.9 Å². The lowest BCUT2D eigenvalue weighted by atomic mass is 10.0. The summed E-state index contributed by atoms with van der Waals surface area (Å²) in [7, 11) is 0. The van der Waals surface area contributed by atoms with Gasteiger partial charge in [-0.25, -0.2) is 13.2 Å². The maximum atomic E-state index is 13.0. The number of hydrogen-bond acceptors (Lipinski definition) is 0. The molecule has 0 amide bonds. The second kappa shape index (κ2) is 5.57. The summed E-state index contributed by atoms with van der Waals surface area (Å²) in [5.74, 6) is -2.01. The zero-order valence-electron chi connectivity index (χ0n) is 9.34. The van der Waals surface area contributed by atoms with Gasteiger partial charge < -0.3 is 0 Å². The van der Waals surface area contributed by atoms with Gasteiger partial charge in [-0.15, -0.1) is 0 Å². The predicted octanol–water partition coefficient (Wildman–Crippen LogP) is 4.78. The van der Waals surface area contributed by atoms with Gasteiger partial charge >= 0.3 is 0 Å². The van der Waals surface area contributed by atoms with Crippen molar-refractivity contribution in [2.75, 3.05) is 0 Å². The molecule has 0 nitrogen and oxygen atoms in total. The summed E-state index contributed by atoms with van der Waals surface area (Å²) in [5.41, 5.74) is 1.57. The molecule has 94 valence electrons. The SMILES string of the molecule is Fc1ccc(C(Br)Cc2ccc(F)c(F)c2)cc1. The molecule has 1 unspecified atom stereocenters. The molecule has 0 aliphatic heterocycles. The fraction of sp³-hybridized carbons (Fsp3) is 0.143. The predicted molar refractivity (Wildman–Crippen MR) is 68.1 cm³/mol. The molecular formula is C14H10BrF3. The van der Waals surface area contributed by atoms with Crippen LogP contribution in [-0.4, -0.2) is 0 Å². The van der Waals surface area contributed by atoms with Crippen molar-refractivity contribution in [3.8, 4) is 0 Å². The van der Waals surface area contributed by atoms with Crippen LogP contribution in [0.25, 0.3) is 0 Å². The number of hydrogen-bond donors (Lipinski definition) is 0. The zero-order chi connectivity index (χ0) is 13.1. The first-order valence-electron chi connectivity index (χ1n) is 5.40. The molecule has 18 heavy (non-hydrogen) atoms. The molecule has 0 saturated heterocycles. The number of alkyl halides is 1. The number of rotatable bonds is 3. The van der Waals surface area contributed by atoms with Crippen LogP contribution in [0.2, 0.25) is 0 Å². The van der Waals surface area contributed by atoms with Crippen molar-refractivity contribution in [2.24, 2.45) is 0 Å². The summed E-state index contributed by atoms with van der Waals surface area (Å²) in [6.45, 7) is 0. The lowest BCUT2D eigenvalue weighted by Gasteiger charge is -2.10. The summed E-state index contributed by atoms with van der Waals surface area (Å²) in [6.07, 6.45) is 0.503. The molecule has 0 aliphatic carbocycles. The van der Waals surface area contributed by atoms with E-state index in [0.29, 0.717) is 12.0 Å². The van der Waals surface area contributed by atoms with E-state index >= 15 is 0 Å². The first kappa shape index (κ1) is 13.1. The van der Waals surface area contributed by atoms with E-state index in [-0.39, 0.29) is 10.6 Å². The molecule has 1 atom stereocenters. The van der Waals surface area contributed by atoms with Crippen molar-refractivity contribution in [1.82, 2.24) is 0 Å². The fourth-order valence-corrected chi connectivity index (χ4v) is 2.34. The van der Waals surface area contributed by atoms with Gasteiger partial charge in [-0.3, -0.25) is 0 Å². The van der Waals surface area contributed by atoms with Crippen LogP contribution in [0.3, 0.4) is 0 Å². The molecular weight excluding hydrogens is 305 g/mol. The van der Waals surface area contributed by atoms with Gasteiger partial charge in [0.25, 0.3) is 0 Å². The molecule has 2 aromatic carbocycles. The fourth-order valence-electron chi connectivity index (χ4n) is 1.66. The Bertz CT molecular complexity index is 537. The van der Waals surface area contributed by atoms with Crippen molar-refractivity contribution in [2.45, 2.75) is 11.2 Å². The van der Waals surface area contributed by atoms with E-state index < -0.39 is 11.6 Å². The Kier molecular flexibility index (Phi) is 4.07. The van der Waals surface area contributed by atoms with E-state index in [2.05, 4.69) is 15.9 Å². The Balaban J connectivity index is 2.13. The normalized spacial score (nSPS) is 12.4. The second-order valence-electron chi connectivity index (χ2n) is 3.97. The minimum Gasteiger partial charge on any atom is -0.207 e. The molecule has 0 saturated carbocycles. The molecule has 4 heteroatoms. The van der Waals surface area contributed by atoms with Crippen LogP contribution in [0.1, 0.15) is 16.0 Å². The van der Waals surface area contributed by atoms with E-state index in [9.17, 15) is 13.2 Å². The Labute approximate surface area is 112 Å². The first-order chi connectivity index (χ1) is 8.56. The highest BCUT2D eigenvalue weighted by molar-refractivity contribution is 9.09. The molecule has 0 spiro atoms. The van der Waals surface area contributed by atoms with Crippen molar-refractivity contribution >= 4 is 15.9 Å². The van der Waals surface area contributed by atoms with Gasteiger partial charge in [-0.1, -0.05) is 34.1 Å². The quantitative estimate of drug-likeness (QED) is 0.715. The van der Waals surface area contributed by atoms with Crippen LogP contribution in [0, 0.1) is 17.5 Å². The average molecular weight is 315 g/mol. The van der Waals surface area contributed by atoms with Gasteiger partial charge in [0.1, 0.15) is 5.82 Å². The Morgan fingerprint density at radius 2 is 1.56 bits per heavy atom. The maximum absolute atomic E-state index is 13.0. The Hall–Kier alpha value is -1.29. The van der Waals surface area contributed by atoms with Gasteiger partial charge in [0.05, 0.1) is 0 Å². The van der Waals surface area contributed by atoms with Crippen LogP contribution < -0.4 is 0 Å². The van der Waals surface area contributed by atoms with Gasteiger partial charge in [0.15, 0.2) is 11.6 Å². The topological polar surface area (TPSA) is 0 Å². The highest BCUT2D eigenvalue weighted by Gasteiger charge is 2.10. The third kappa shape index (κ3) is 3.13. The van der Waals surface area contributed by atoms with Crippen molar-refractivity contribution in [3.05, 3.63) is 71.0 Å². The third-order valence-electron chi connectivity index (χ3n) is 2.63. The van der Waals surface area contributed by atoms with E-state index in [1.807, 2.05) is 0 Å². The largest absolute Gasteiger partial charge is 0.207 e. The Morgan fingerprint density at radius 1 is 0.889 bits per heavy atom. The smallest absolute Gasteiger partial charge is 0.159 e. The number of halogens is 4. The van der Waals surface area contributed by atoms with Crippen LogP contribution in [0.5, 0.6) is 0 Å². The van der Waals surface area contributed by atoms with E-state index in [1.165, 1.54) is 24.3 Å². The molecule has 0 aromatic heterocycles. The summed E-state index contributed by atoms with van der Waals surface area (Å²) in [5, 5.41) is 0.